The molecule has 104 valence electrons. The van der Waals surface area contributed by atoms with Crippen LogP contribution in [0.2, 0.25) is 0 Å². The minimum atomic E-state index is -0.444. The Morgan fingerprint density at radius 1 is 1.37 bits per heavy atom. The van der Waals surface area contributed by atoms with Gasteiger partial charge in [-0.2, -0.15) is 0 Å². The Morgan fingerprint density at radius 2 is 2.05 bits per heavy atom. The van der Waals surface area contributed by atoms with Crippen LogP contribution in [0.5, 0.6) is 5.75 Å². The first-order valence-corrected chi connectivity index (χ1v) is 7.14. The van der Waals surface area contributed by atoms with Gasteiger partial charge < -0.3 is 9.64 Å². The quantitative estimate of drug-likeness (QED) is 0.793. The summed E-state index contributed by atoms with van der Waals surface area (Å²) in [5.41, 5.74) is 0.485. The predicted molar refractivity (Wildman–Crippen MR) is 77.0 cm³/mol. The molecule has 1 aromatic carbocycles. The molecule has 0 aliphatic carbocycles. The van der Waals surface area contributed by atoms with Gasteiger partial charge in [-0.3, -0.25) is 4.79 Å². The second-order valence-electron chi connectivity index (χ2n) is 5.25. The molecule has 1 fully saturated rings. The third kappa shape index (κ3) is 3.95. The summed E-state index contributed by atoms with van der Waals surface area (Å²) in [5.74, 6) is 0.731. The van der Waals surface area contributed by atoms with E-state index in [2.05, 4.69) is 18.7 Å². The van der Waals surface area contributed by atoms with Crippen LogP contribution in [0, 0.1) is 0 Å². The van der Waals surface area contributed by atoms with Crippen LogP contribution in [0.15, 0.2) is 24.3 Å². The van der Waals surface area contributed by atoms with Crippen molar-refractivity contribution in [3.05, 3.63) is 29.8 Å². The van der Waals surface area contributed by atoms with Gasteiger partial charge in [0.1, 0.15) is 11.9 Å². The van der Waals surface area contributed by atoms with Crippen molar-refractivity contribution < 1.29 is 9.53 Å². The van der Waals surface area contributed by atoms with Crippen LogP contribution in [-0.2, 0) is 0 Å². The van der Waals surface area contributed by atoms with E-state index < -0.39 is 5.24 Å². The van der Waals surface area contributed by atoms with Gasteiger partial charge in [0.05, 0.1) is 0 Å². The minimum Gasteiger partial charge on any atom is -0.490 e. The lowest BCUT2D eigenvalue weighted by Gasteiger charge is -2.34. The lowest BCUT2D eigenvalue weighted by molar-refractivity contribution is 0.0841. The summed E-state index contributed by atoms with van der Waals surface area (Å²) in [6, 6.07) is 7.68. The molecule has 0 aromatic heterocycles. The van der Waals surface area contributed by atoms with E-state index in [4.69, 9.17) is 16.3 Å². The average Bonchev–Trinajstić information content (AvgIpc) is 2.39. The van der Waals surface area contributed by atoms with Gasteiger partial charge in [0.2, 0.25) is 0 Å². The van der Waals surface area contributed by atoms with E-state index >= 15 is 0 Å². The third-order valence-electron chi connectivity index (χ3n) is 3.57. The molecular weight excluding hydrogens is 262 g/mol. The Labute approximate surface area is 119 Å². The Hall–Kier alpha value is -1.06. The van der Waals surface area contributed by atoms with E-state index in [0.717, 1.165) is 31.7 Å². The van der Waals surface area contributed by atoms with Crippen molar-refractivity contribution >= 4 is 16.8 Å². The van der Waals surface area contributed by atoms with Crippen LogP contribution in [0.4, 0.5) is 0 Å². The predicted octanol–water partition coefficient (Wildman–Crippen LogP) is 3.32. The molecule has 0 radical (unpaired) electrons. The summed E-state index contributed by atoms with van der Waals surface area (Å²) < 4.78 is 5.94. The number of nitrogens with zero attached hydrogens (tertiary/aromatic N) is 1. The molecule has 0 atom stereocenters. The van der Waals surface area contributed by atoms with Gasteiger partial charge in [0, 0.05) is 24.7 Å². The van der Waals surface area contributed by atoms with Gasteiger partial charge in [-0.15, -0.1) is 0 Å². The van der Waals surface area contributed by atoms with Gasteiger partial charge in [-0.25, -0.2) is 0 Å². The van der Waals surface area contributed by atoms with Gasteiger partial charge in [0.15, 0.2) is 0 Å². The first-order chi connectivity index (χ1) is 9.06. The number of carbonyl (C=O) groups is 1. The fourth-order valence-corrected chi connectivity index (χ4v) is 2.51. The zero-order chi connectivity index (χ0) is 13.8. The number of ether oxygens (including phenoxy) is 1. The van der Waals surface area contributed by atoms with Crippen molar-refractivity contribution in [3.8, 4) is 5.75 Å². The number of likely N-dealkylation sites (tertiary alicyclic amines) is 1. The largest absolute Gasteiger partial charge is 0.490 e. The number of hydrogen-bond acceptors (Lipinski definition) is 3. The third-order valence-corrected chi connectivity index (χ3v) is 3.79. The molecule has 19 heavy (non-hydrogen) atoms. The van der Waals surface area contributed by atoms with Crippen molar-refractivity contribution in [2.24, 2.45) is 0 Å². The topological polar surface area (TPSA) is 29.5 Å². The molecule has 0 unspecified atom stereocenters. The summed E-state index contributed by atoms with van der Waals surface area (Å²) in [7, 11) is 0. The number of hydrogen-bond donors (Lipinski definition) is 0. The van der Waals surface area contributed by atoms with E-state index in [1.54, 1.807) is 18.2 Å². The Balaban J connectivity index is 1.92. The van der Waals surface area contributed by atoms with Crippen molar-refractivity contribution in [1.82, 2.24) is 4.90 Å². The molecule has 0 bridgehead atoms. The molecule has 1 saturated heterocycles. The number of carbonyl (C=O) groups excluding carboxylic acids is 1. The zero-order valence-corrected chi connectivity index (χ0v) is 12.2. The fraction of sp³-hybridized carbons (Fsp3) is 0.533. The first-order valence-electron chi connectivity index (χ1n) is 6.77. The van der Waals surface area contributed by atoms with Gasteiger partial charge in [0.25, 0.3) is 5.24 Å². The van der Waals surface area contributed by atoms with Crippen LogP contribution in [0.3, 0.4) is 0 Å². The molecule has 1 aliphatic heterocycles. The second-order valence-corrected chi connectivity index (χ2v) is 5.59. The van der Waals surface area contributed by atoms with Crippen LogP contribution in [-0.4, -0.2) is 35.4 Å². The molecule has 4 heteroatoms. The fourth-order valence-electron chi connectivity index (χ4n) is 2.39. The lowest BCUT2D eigenvalue weighted by atomic mass is 10.1. The smallest absolute Gasteiger partial charge is 0.252 e. The monoisotopic (exact) mass is 281 g/mol. The summed E-state index contributed by atoms with van der Waals surface area (Å²) in [5, 5.41) is -0.444. The summed E-state index contributed by atoms with van der Waals surface area (Å²) in [6.07, 6.45) is 2.28. The number of rotatable bonds is 4. The molecule has 0 saturated carbocycles. The first kappa shape index (κ1) is 14.4. The van der Waals surface area contributed by atoms with E-state index in [1.165, 1.54) is 0 Å². The highest BCUT2D eigenvalue weighted by Gasteiger charge is 2.22. The lowest BCUT2D eigenvalue weighted by Crippen LogP contribution is -2.41. The normalized spacial score (nSPS) is 17.7. The van der Waals surface area contributed by atoms with E-state index in [-0.39, 0.29) is 6.10 Å². The molecule has 0 amide bonds. The Morgan fingerprint density at radius 3 is 2.63 bits per heavy atom. The number of halogens is 1. The SMILES string of the molecule is CC(C)N1CCC(Oc2cccc(C(=O)Cl)c2)CC1. The molecule has 1 aliphatic rings. The van der Waals surface area contributed by atoms with E-state index in [1.807, 2.05) is 6.07 Å². The summed E-state index contributed by atoms with van der Waals surface area (Å²) in [4.78, 5) is 13.6. The van der Waals surface area contributed by atoms with Crippen LogP contribution in [0.25, 0.3) is 0 Å². The minimum absolute atomic E-state index is 0.232. The van der Waals surface area contributed by atoms with Gasteiger partial charge in [-0.1, -0.05) is 6.07 Å². The maximum absolute atomic E-state index is 11.1. The highest BCUT2D eigenvalue weighted by atomic mass is 35.5. The van der Waals surface area contributed by atoms with Gasteiger partial charge >= 0.3 is 0 Å². The van der Waals surface area contributed by atoms with Crippen LogP contribution >= 0.6 is 11.6 Å². The molecule has 2 rings (SSSR count). The van der Waals surface area contributed by atoms with Crippen LogP contribution < -0.4 is 4.74 Å². The second kappa shape index (κ2) is 6.40. The highest BCUT2D eigenvalue weighted by molar-refractivity contribution is 6.67. The van der Waals surface area contributed by atoms with Crippen LogP contribution in [0.1, 0.15) is 37.0 Å². The Bertz CT molecular complexity index is 440. The van der Waals surface area contributed by atoms with Gasteiger partial charge in [-0.05, 0) is 56.5 Å². The van der Waals surface area contributed by atoms with Crippen molar-refractivity contribution in [2.75, 3.05) is 13.1 Å². The molecular formula is C15H20ClNO2. The molecule has 0 N–H and O–H groups in total. The maximum atomic E-state index is 11.1. The maximum Gasteiger partial charge on any atom is 0.252 e. The van der Waals surface area contributed by atoms with E-state index in [9.17, 15) is 4.79 Å². The zero-order valence-electron chi connectivity index (χ0n) is 11.4. The van der Waals surface area contributed by atoms with Crippen molar-refractivity contribution in [3.63, 3.8) is 0 Å². The molecule has 1 aromatic rings. The highest BCUT2D eigenvalue weighted by Crippen LogP contribution is 2.21. The summed E-state index contributed by atoms with van der Waals surface area (Å²) >= 11 is 5.47. The Kier molecular flexibility index (Phi) is 4.83. The number of benzene rings is 1. The van der Waals surface area contributed by atoms with E-state index in [0.29, 0.717) is 11.6 Å². The standard InChI is InChI=1S/C15H20ClNO2/c1-11(2)17-8-6-13(7-9-17)19-14-5-3-4-12(10-14)15(16)18/h3-5,10-11,13H,6-9H2,1-2H3. The molecule has 1 heterocycles. The van der Waals surface area contributed by atoms with Crippen molar-refractivity contribution in [1.29, 1.82) is 0 Å². The molecule has 0 spiro atoms. The average molecular weight is 282 g/mol. The van der Waals surface area contributed by atoms with Crippen molar-refractivity contribution in [2.45, 2.75) is 38.8 Å². The molecule has 3 nitrogen and oxygen atoms in total. The number of piperidine rings is 1. The summed E-state index contributed by atoms with van der Waals surface area (Å²) in [6.45, 7) is 6.57.